The maximum Gasteiger partial charge on any atom is 0.129 e. The Morgan fingerprint density at radius 2 is 1.90 bits per heavy atom. The highest BCUT2D eigenvalue weighted by molar-refractivity contribution is 6.29. The monoisotopic (exact) mass is 306 g/mol. The summed E-state index contributed by atoms with van der Waals surface area (Å²) >= 11 is 5.88. The maximum absolute atomic E-state index is 5.88. The molecule has 0 saturated heterocycles. The molecule has 112 valence electrons. The lowest BCUT2D eigenvalue weighted by molar-refractivity contribution is 0.390. The van der Waals surface area contributed by atoms with Crippen LogP contribution in [0.2, 0.25) is 5.15 Å². The van der Waals surface area contributed by atoms with E-state index in [2.05, 4.69) is 17.2 Å². The third-order valence-electron chi connectivity index (χ3n) is 3.33. The summed E-state index contributed by atoms with van der Waals surface area (Å²) in [4.78, 5) is 4.24. The number of pyridine rings is 1. The number of methoxy groups -OCH3 is 2. The molecule has 0 fully saturated rings. The minimum Gasteiger partial charge on any atom is -0.497 e. The number of anilines is 1. The Morgan fingerprint density at radius 1 is 1.14 bits per heavy atom. The minimum absolute atomic E-state index is 0.0625. The van der Waals surface area contributed by atoms with Crippen molar-refractivity contribution < 1.29 is 9.47 Å². The van der Waals surface area contributed by atoms with Crippen LogP contribution in [0.1, 0.15) is 24.2 Å². The van der Waals surface area contributed by atoms with E-state index in [0.29, 0.717) is 5.15 Å². The molecule has 1 N–H and O–H groups in total. The molecular weight excluding hydrogens is 288 g/mol. The summed E-state index contributed by atoms with van der Waals surface area (Å²) < 4.78 is 10.7. The lowest BCUT2D eigenvalue weighted by atomic mass is 10.1. The van der Waals surface area contributed by atoms with Crippen LogP contribution in [0.15, 0.2) is 30.3 Å². The third kappa shape index (κ3) is 3.58. The number of hydrogen-bond acceptors (Lipinski definition) is 4. The number of benzene rings is 1. The molecule has 0 aliphatic carbocycles. The fraction of sp³-hybridized carbons (Fsp3) is 0.312. The number of aryl methyl sites for hydroxylation is 1. The molecule has 1 aromatic heterocycles. The molecule has 0 aliphatic rings. The van der Waals surface area contributed by atoms with E-state index in [0.717, 1.165) is 28.4 Å². The van der Waals surface area contributed by atoms with E-state index in [9.17, 15) is 0 Å². The van der Waals surface area contributed by atoms with Crippen molar-refractivity contribution in [2.24, 2.45) is 0 Å². The van der Waals surface area contributed by atoms with Crippen LogP contribution in [0.25, 0.3) is 0 Å². The van der Waals surface area contributed by atoms with E-state index in [1.54, 1.807) is 20.3 Å². The standard InChI is InChI=1S/C16H19ClN2O2/c1-10(18-14-7-8-16(17)19-11(14)2)13-6-5-12(20-3)9-15(13)21-4/h5-10,18H,1-4H3. The van der Waals surface area contributed by atoms with Crippen molar-refractivity contribution in [2.75, 3.05) is 19.5 Å². The van der Waals surface area contributed by atoms with Gasteiger partial charge in [0.25, 0.3) is 0 Å². The normalized spacial score (nSPS) is 11.9. The van der Waals surface area contributed by atoms with Crippen LogP contribution < -0.4 is 14.8 Å². The van der Waals surface area contributed by atoms with Gasteiger partial charge in [0.2, 0.25) is 0 Å². The molecule has 0 radical (unpaired) electrons. The Hall–Kier alpha value is -1.94. The van der Waals surface area contributed by atoms with Crippen molar-refractivity contribution >= 4 is 17.3 Å². The maximum atomic E-state index is 5.88. The van der Waals surface area contributed by atoms with Crippen molar-refractivity contribution in [3.63, 3.8) is 0 Å². The summed E-state index contributed by atoms with van der Waals surface area (Å²) in [5, 5.41) is 3.92. The van der Waals surface area contributed by atoms with Crippen molar-refractivity contribution in [3.05, 3.63) is 46.7 Å². The van der Waals surface area contributed by atoms with Gasteiger partial charge in [-0.1, -0.05) is 11.6 Å². The molecule has 0 bridgehead atoms. The zero-order valence-electron chi connectivity index (χ0n) is 12.6. The van der Waals surface area contributed by atoms with E-state index in [1.807, 2.05) is 31.2 Å². The molecule has 5 heteroatoms. The number of rotatable bonds is 5. The number of aromatic nitrogens is 1. The molecule has 0 aliphatic heterocycles. The van der Waals surface area contributed by atoms with Crippen LogP contribution in [0.5, 0.6) is 11.5 Å². The zero-order chi connectivity index (χ0) is 15.4. The van der Waals surface area contributed by atoms with Gasteiger partial charge < -0.3 is 14.8 Å². The van der Waals surface area contributed by atoms with Gasteiger partial charge in [0, 0.05) is 11.6 Å². The minimum atomic E-state index is 0.0625. The number of ether oxygens (including phenoxy) is 2. The average Bonchev–Trinajstić information content (AvgIpc) is 2.49. The summed E-state index contributed by atoms with van der Waals surface area (Å²) in [6.07, 6.45) is 0. The molecule has 21 heavy (non-hydrogen) atoms. The smallest absolute Gasteiger partial charge is 0.129 e. The molecule has 1 atom stereocenters. The van der Waals surface area contributed by atoms with Crippen LogP contribution >= 0.6 is 11.6 Å². The molecule has 1 heterocycles. The highest BCUT2D eigenvalue weighted by atomic mass is 35.5. The predicted octanol–water partition coefficient (Wildman–Crippen LogP) is 4.23. The highest BCUT2D eigenvalue weighted by Gasteiger charge is 2.13. The number of nitrogens with zero attached hydrogens (tertiary/aromatic N) is 1. The largest absolute Gasteiger partial charge is 0.497 e. The van der Waals surface area contributed by atoms with Crippen LogP contribution in [0.3, 0.4) is 0 Å². The quantitative estimate of drug-likeness (QED) is 0.839. The Morgan fingerprint density at radius 3 is 2.52 bits per heavy atom. The number of halogens is 1. The molecule has 2 aromatic rings. The molecule has 0 saturated carbocycles. The van der Waals surface area contributed by atoms with Crippen molar-refractivity contribution in [3.8, 4) is 11.5 Å². The molecule has 4 nitrogen and oxygen atoms in total. The predicted molar refractivity (Wildman–Crippen MR) is 85.6 cm³/mol. The van der Waals surface area contributed by atoms with Gasteiger partial charge in [0.1, 0.15) is 16.7 Å². The summed E-state index contributed by atoms with van der Waals surface area (Å²) in [7, 11) is 3.29. The molecule has 1 aromatic carbocycles. The van der Waals surface area contributed by atoms with E-state index in [4.69, 9.17) is 21.1 Å². The van der Waals surface area contributed by atoms with E-state index in [-0.39, 0.29) is 6.04 Å². The molecule has 2 rings (SSSR count). The van der Waals surface area contributed by atoms with E-state index < -0.39 is 0 Å². The molecular formula is C16H19ClN2O2. The first-order valence-electron chi connectivity index (χ1n) is 6.66. The van der Waals surface area contributed by atoms with Gasteiger partial charge >= 0.3 is 0 Å². The van der Waals surface area contributed by atoms with Crippen LogP contribution in [-0.2, 0) is 0 Å². The average molecular weight is 307 g/mol. The van der Waals surface area contributed by atoms with Crippen LogP contribution in [-0.4, -0.2) is 19.2 Å². The second kappa shape index (κ2) is 6.68. The second-order valence-corrected chi connectivity index (χ2v) is 5.13. The van der Waals surface area contributed by atoms with Gasteiger partial charge in [-0.25, -0.2) is 4.98 Å². The first kappa shape index (κ1) is 15.4. The lowest BCUT2D eigenvalue weighted by Gasteiger charge is -2.20. The topological polar surface area (TPSA) is 43.4 Å². The summed E-state index contributed by atoms with van der Waals surface area (Å²) in [5.74, 6) is 1.56. The van der Waals surface area contributed by atoms with Gasteiger partial charge in [-0.05, 0) is 38.1 Å². The van der Waals surface area contributed by atoms with Gasteiger partial charge in [-0.3, -0.25) is 0 Å². The SMILES string of the molecule is COc1ccc(C(C)Nc2ccc(Cl)nc2C)c(OC)c1. The Labute approximate surface area is 130 Å². The fourth-order valence-corrected chi connectivity index (χ4v) is 2.36. The van der Waals surface area contributed by atoms with E-state index in [1.165, 1.54) is 0 Å². The Kier molecular flexibility index (Phi) is 4.91. The lowest BCUT2D eigenvalue weighted by Crippen LogP contribution is -2.09. The van der Waals surface area contributed by atoms with Gasteiger partial charge in [-0.2, -0.15) is 0 Å². The van der Waals surface area contributed by atoms with Gasteiger partial charge in [0.15, 0.2) is 0 Å². The van der Waals surface area contributed by atoms with Crippen molar-refractivity contribution in [1.29, 1.82) is 0 Å². The highest BCUT2D eigenvalue weighted by Crippen LogP contribution is 2.31. The Bertz CT molecular complexity index is 632. The second-order valence-electron chi connectivity index (χ2n) is 4.74. The molecule has 0 amide bonds. The van der Waals surface area contributed by atoms with Crippen molar-refractivity contribution in [1.82, 2.24) is 4.98 Å². The summed E-state index contributed by atoms with van der Waals surface area (Å²) in [5.41, 5.74) is 2.86. The first-order chi connectivity index (χ1) is 10.0. The summed E-state index contributed by atoms with van der Waals surface area (Å²) in [6, 6.07) is 9.55. The van der Waals surface area contributed by atoms with Crippen LogP contribution in [0.4, 0.5) is 5.69 Å². The van der Waals surface area contributed by atoms with Gasteiger partial charge in [0.05, 0.1) is 31.6 Å². The molecule has 0 spiro atoms. The zero-order valence-corrected chi connectivity index (χ0v) is 13.4. The van der Waals surface area contributed by atoms with E-state index >= 15 is 0 Å². The number of nitrogens with one attached hydrogen (secondary N) is 1. The first-order valence-corrected chi connectivity index (χ1v) is 7.04. The third-order valence-corrected chi connectivity index (χ3v) is 3.54. The molecule has 1 unspecified atom stereocenters. The Balaban J connectivity index is 2.25. The van der Waals surface area contributed by atoms with Crippen LogP contribution in [0, 0.1) is 6.92 Å². The number of hydrogen-bond donors (Lipinski definition) is 1. The summed E-state index contributed by atoms with van der Waals surface area (Å²) in [6.45, 7) is 3.99. The van der Waals surface area contributed by atoms with Gasteiger partial charge in [-0.15, -0.1) is 0 Å². The fourth-order valence-electron chi connectivity index (χ4n) is 2.17. The van der Waals surface area contributed by atoms with Crippen molar-refractivity contribution in [2.45, 2.75) is 19.9 Å².